The molecule has 1 heterocycles. The number of piperidine rings is 1. The minimum atomic E-state index is -3.81. The third kappa shape index (κ3) is 5.82. The Hall–Kier alpha value is -1.06. The van der Waals surface area contributed by atoms with Crippen LogP contribution in [-0.4, -0.2) is 40.1 Å². The van der Waals surface area contributed by atoms with Gasteiger partial charge in [0.05, 0.1) is 0 Å². The summed E-state index contributed by atoms with van der Waals surface area (Å²) in [5.41, 5.74) is 5.02. The van der Waals surface area contributed by atoms with Gasteiger partial charge in [0.1, 0.15) is 10.6 Å². The molecule has 0 spiro atoms. The van der Waals surface area contributed by atoms with E-state index < -0.39 is 22.5 Å². The number of rotatable bonds is 6. The van der Waals surface area contributed by atoms with Crippen molar-refractivity contribution >= 4 is 39.9 Å². The number of amides is 1. The van der Waals surface area contributed by atoms with Crippen molar-refractivity contribution in [2.75, 3.05) is 19.7 Å². The lowest BCUT2D eigenvalue weighted by Crippen LogP contribution is -2.45. The Morgan fingerprint density at radius 1 is 1.48 bits per heavy atom. The molecule has 4 N–H and O–H groups in total. The van der Waals surface area contributed by atoms with E-state index in [4.69, 9.17) is 22.1 Å². The van der Waals surface area contributed by atoms with Crippen LogP contribution >= 0.6 is 24.0 Å². The van der Waals surface area contributed by atoms with Gasteiger partial charge in [0.15, 0.2) is 6.61 Å². The quantitative estimate of drug-likeness (QED) is 0.667. The van der Waals surface area contributed by atoms with Crippen LogP contribution in [-0.2, 0) is 14.8 Å². The van der Waals surface area contributed by atoms with Crippen molar-refractivity contribution in [2.24, 2.45) is 5.73 Å². The summed E-state index contributed by atoms with van der Waals surface area (Å²) >= 11 is 5.88. The van der Waals surface area contributed by atoms with Crippen molar-refractivity contribution in [2.45, 2.75) is 23.8 Å². The lowest BCUT2D eigenvalue weighted by Gasteiger charge is -2.24. The largest absolute Gasteiger partial charge is 0.482 e. The number of hydrogen-bond donors (Lipinski definition) is 3. The maximum Gasteiger partial charge on any atom is 0.255 e. The van der Waals surface area contributed by atoms with Gasteiger partial charge in [-0.2, -0.15) is 0 Å². The fraction of sp³-hybridized carbons (Fsp3) is 0.462. The number of carbonyl (C=O) groups excluding carboxylic acids is 1. The molecule has 1 fully saturated rings. The van der Waals surface area contributed by atoms with Crippen LogP contribution in [0, 0.1) is 0 Å². The van der Waals surface area contributed by atoms with Crippen molar-refractivity contribution in [1.29, 1.82) is 0 Å². The second-order valence-electron chi connectivity index (χ2n) is 5.01. The smallest absolute Gasteiger partial charge is 0.255 e. The van der Waals surface area contributed by atoms with Crippen molar-refractivity contribution in [3.63, 3.8) is 0 Å². The Bertz CT molecular complexity index is 649. The molecule has 1 aliphatic heterocycles. The average molecular weight is 384 g/mol. The maximum absolute atomic E-state index is 12.5. The molecule has 0 radical (unpaired) electrons. The van der Waals surface area contributed by atoms with Gasteiger partial charge in [0, 0.05) is 17.6 Å². The molecule has 0 saturated carbocycles. The minimum Gasteiger partial charge on any atom is -0.482 e. The number of ether oxygens (including phenoxy) is 1. The van der Waals surface area contributed by atoms with Gasteiger partial charge in [0.2, 0.25) is 10.0 Å². The zero-order chi connectivity index (χ0) is 16.2. The number of nitrogens with two attached hydrogens (primary N) is 1. The highest BCUT2D eigenvalue weighted by molar-refractivity contribution is 7.89. The Labute approximate surface area is 146 Å². The van der Waals surface area contributed by atoms with Crippen molar-refractivity contribution in [3.05, 3.63) is 23.2 Å². The molecule has 7 nitrogen and oxygen atoms in total. The average Bonchev–Trinajstić information content (AvgIpc) is 2.46. The third-order valence-electron chi connectivity index (χ3n) is 3.18. The van der Waals surface area contributed by atoms with Gasteiger partial charge in [-0.15, -0.1) is 12.4 Å². The molecule has 1 atom stereocenters. The van der Waals surface area contributed by atoms with Crippen LogP contribution in [0.5, 0.6) is 5.75 Å². The van der Waals surface area contributed by atoms with E-state index >= 15 is 0 Å². The molecule has 0 aliphatic carbocycles. The van der Waals surface area contributed by atoms with Crippen LogP contribution in [0.25, 0.3) is 0 Å². The van der Waals surface area contributed by atoms with E-state index in [2.05, 4.69) is 10.0 Å². The van der Waals surface area contributed by atoms with Crippen LogP contribution < -0.4 is 20.5 Å². The molecular weight excluding hydrogens is 365 g/mol. The summed E-state index contributed by atoms with van der Waals surface area (Å²) in [6.45, 7) is 1.04. The lowest BCUT2D eigenvalue weighted by atomic mass is 10.1. The number of carbonyl (C=O) groups is 1. The number of nitrogens with one attached hydrogen (secondary N) is 2. The standard InChI is InChI=1S/C13H18ClN3O4S.ClH/c14-9-3-4-11(21-8-13(15)18)12(6-9)22(19,20)17-10-2-1-5-16-7-10;/h3-4,6,10,16-17H,1-2,5,7-8H2,(H2,15,18);1H. The topological polar surface area (TPSA) is 111 Å². The fourth-order valence-corrected chi connectivity index (χ4v) is 3.87. The molecule has 10 heteroatoms. The van der Waals surface area contributed by atoms with Crippen LogP contribution in [0.2, 0.25) is 5.02 Å². The summed E-state index contributed by atoms with van der Waals surface area (Å²) in [5, 5.41) is 3.39. The van der Waals surface area contributed by atoms with E-state index in [0.717, 1.165) is 19.4 Å². The van der Waals surface area contributed by atoms with Crippen molar-refractivity contribution in [3.8, 4) is 5.75 Å². The first-order chi connectivity index (χ1) is 10.4. The predicted molar refractivity (Wildman–Crippen MR) is 89.6 cm³/mol. The first-order valence-corrected chi connectivity index (χ1v) is 8.68. The monoisotopic (exact) mass is 383 g/mol. The zero-order valence-corrected chi connectivity index (χ0v) is 14.6. The summed E-state index contributed by atoms with van der Waals surface area (Å²) in [6, 6.07) is 3.98. The minimum absolute atomic E-state index is 0. The fourth-order valence-electron chi connectivity index (χ4n) is 2.20. The number of sulfonamides is 1. The summed E-state index contributed by atoms with van der Waals surface area (Å²) in [5.74, 6) is -0.651. The van der Waals surface area contributed by atoms with Gasteiger partial charge < -0.3 is 15.8 Å². The Balaban J connectivity index is 0.00000264. The van der Waals surface area contributed by atoms with E-state index in [-0.39, 0.29) is 34.1 Å². The normalized spacial score (nSPS) is 18.0. The first kappa shape index (κ1) is 20.0. The van der Waals surface area contributed by atoms with Crippen molar-refractivity contribution in [1.82, 2.24) is 10.0 Å². The number of hydrogen-bond acceptors (Lipinski definition) is 5. The van der Waals surface area contributed by atoms with Gasteiger partial charge >= 0.3 is 0 Å². The van der Waals surface area contributed by atoms with Gasteiger partial charge in [-0.3, -0.25) is 4.79 Å². The Kier molecular flexibility index (Phi) is 7.56. The second-order valence-corrected chi connectivity index (χ2v) is 7.13. The SMILES string of the molecule is Cl.NC(=O)COc1ccc(Cl)cc1S(=O)(=O)NC1CCCNC1. The van der Waals surface area contributed by atoms with E-state index in [9.17, 15) is 13.2 Å². The maximum atomic E-state index is 12.5. The number of primary amides is 1. The molecule has 1 amide bonds. The molecule has 1 saturated heterocycles. The zero-order valence-electron chi connectivity index (χ0n) is 12.2. The van der Waals surface area contributed by atoms with Crippen LogP contribution in [0.15, 0.2) is 23.1 Å². The summed E-state index contributed by atoms with van der Waals surface area (Å²) in [4.78, 5) is 10.7. The van der Waals surface area contributed by atoms with Gasteiger partial charge in [-0.25, -0.2) is 13.1 Å². The lowest BCUT2D eigenvalue weighted by molar-refractivity contribution is -0.120. The number of halogens is 2. The molecule has 23 heavy (non-hydrogen) atoms. The van der Waals surface area contributed by atoms with Gasteiger partial charge in [-0.1, -0.05) is 11.6 Å². The van der Waals surface area contributed by atoms with E-state index in [1.807, 2.05) is 0 Å². The van der Waals surface area contributed by atoms with Gasteiger partial charge in [0.25, 0.3) is 5.91 Å². The Morgan fingerprint density at radius 3 is 2.83 bits per heavy atom. The molecule has 1 aromatic carbocycles. The van der Waals surface area contributed by atoms with E-state index in [1.165, 1.54) is 18.2 Å². The first-order valence-electron chi connectivity index (χ1n) is 6.82. The van der Waals surface area contributed by atoms with Crippen LogP contribution in [0.1, 0.15) is 12.8 Å². The van der Waals surface area contributed by atoms with Crippen LogP contribution in [0.3, 0.4) is 0 Å². The summed E-state index contributed by atoms with van der Waals surface area (Å²) in [7, 11) is -3.81. The third-order valence-corrected chi connectivity index (χ3v) is 4.96. The highest BCUT2D eigenvalue weighted by Crippen LogP contribution is 2.27. The number of benzene rings is 1. The van der Waals surface area contributed by atoms with E-state index in [1.54, 1.807) is 0 Å². The molecular formula is C13H19Cl2N3O4S. The van der Waals surface area contributed by atoms with Crippen LogP contribution in [0.4, 0.5) is 0 Å². The highest BCUT2D eigenvalue weighted by Gasteiger charge is 2.25. The molecule has 1 unspecified atom stereocenters. The molecule has 130 valence electrons. The molecule has 1 aromatic rings. The summed E-state index contributed by atoms with van der Waals surface area (Å²) < 4.78 is 32.8. The van der Waals surface area contributed by atoms with Crippen molar-refractivity contribution < 1.29 is 17.9 Å². The molecule has 0 bridgehead atoms. The van der Waals surface area contributed by atoms with Gasteiger partial charge in [-0.05, 0) is 37.6 Å². The molecule has 2 rings (SSSR count). The molecule has 0 aromatic heterocycles. The molecule has 1 aliphatic rings. The summed E-state index contributed by atoms with van der Waals surface area (Å²) in [6.07, 6.45) is 1.65. The second kappa shape index (κ2) is 8.70. The highest BCUT2D eigenvalue weighted by atomic mass is 35.5. The predicted octanol–water partition coefficient (Wildman–Crippen LogP) is 0.656. The Morgan fingerprint density at radius 2 is 2.22 bits per heavy atom. The van der Waals surface area contributed by atoms with E-state index in [0.29, 0.717) is 6.54 Å².